The Bertz CT molecular complexity index is 1300. The Morgan fingerprint density at radius 3 is 2.45 bits per heavy atom. The van der Waals surface area contributed by atoms with Crippen molar-refractivity contribution in [2.45, 2.75) is 39.2 Å². The first-order chi connectivity index (χ1) is 20.5. The molecule has 1 N–H and O–H groups in total. The molecule has 1 unspecified atom stereocenters. The minimum absolute atomic E-state index is 0.0325. The largest absolute Gasteiger partial charge is 0.507 e. The molecule has 0 aromatic heterocycles. The maximum atomic E-state index is 13.6. The number of ketones is 1. The van der Waals surface area contributed by atoms with Crippen LogP contribution in [0, 0.1) is 0 Å². The maximum absolute atomic E-state index is 13.6. The van der Waals surface area contributed by atoms with Gasteiger partial charge in [0.25, 0.3) is 11.7 Å². The van der Waals surface area contributed by atoms with Gasteiger partial charge in [0.1, 0.15) is 19.0 Å². The van der Waals surface area contributed by atoms with E-state index in [1.54, 1.807) is 23.1 Å². The van der Waals surface area contributed by atoms with Gasteiger partial charge in [0, 0.05) is 31.7 Å². The Hall–Kier alpha value is -3.76. The number of carbonyl (C=O) groups is 2. The van der Waals surface area contributed by atoms with Crippen LogP contribution < -0.4 is 18.9 Å². The summed E-state index contributed by atoms with van der Waals surface area (Å²) in [5, 5.41) is 11.6. The number of hydrogen-bond acceptors (Lipinski definition) is 9. The third-order valence-corrected chi connectivity index (χ3v) is 7.67. The van der Waals surface area contributed by atoms with E-state index in [-0.39, 0.29) is 11.3 Å². The number of ether oxygens (including phenoxy) is 5. The van der Waals surface area contributed by atoms with Crippen molar-refractivity contribution in [3.63, 3.8) is 0 Å². The van der Waals surface area contributed by atoms with Gasteiger partial charge in [-0.15, -0.1) is 0 Å². The first-order valence-electron chi connectivity index (χ1n) is 14.9. The zero-order valence-electron chi connectivity index (χ0n) is 24.4. The number of amides is 1. The first-order valence-corrected chi connectivity index (χ1v) is 14.9. The molecule has 10 nitrogen and oxygen atoms in total. The number of rotatable bonds is 12. The molecule has 42 heavy (non-hydrogen) atoms. The van der Waals surface area contributed by atoms with Gasteiger partial charge in [0.2, 0.25) is 0 Å². The highest BCUT2D eigenvalue weighted by molar-refractivity contribution is 6.46. The molecular formula is C32H40N2O8. The SMILES string of the molecule is CCCCOc1ccc(C2/C(=C(/O)c3ccc4c(c3)OCCO4)C(=O)C(=O)N2CCCN2CCOCC2)cc1OCC. The third kappa shape index (κ3) is 6.50. The summed E-state index contributed by atoms with van der Waals surface area (Å²) in [4.78, 5) is 30.9. The molecule has 10 heteroatoms. The number of fused-ring (bicyclic) bond motifs is 1. The Morgan fingerprint density at radius 2 is 1.69 bits per heavy atom. The predicted octanol–water partition coefficient (Wildman–Crippen LogP) is 4.18. The highest BCUT2D eigenvalue weighted by Gasteiger charge is 2.46. The standard InChI is InChI=1S/C32H40N2O8/c1-3-5-15-40-24-9-7-22(20-26(24)39-4-2)29-28(30(35)23-8-10-25-27(21-23)42-19-18-41-25)31(36)32(37)34(29)12-6-11-33-13-16-38-17-14-33/h7-10,20-21,29,35H,3-6,11-19H2,1-2H3/b30-28-. The highest BCUT2D eigenvalue weighted by Crippen LogP contribution is 2.43. The van der Waals surface area contributed by atoms with E-state index in [0.717, 1.165) is 32.5 Å². The Morgan fingerprint density at radius 1 is 0.905 bits per heavy atom. The highest BCUT2D eigenvalue weighted by atomic mass is 16.6. The number of morpholine rings is 1. The van der Waals surface area contributed by atoms with E-state index in [1.165, 1.54) is 0 Å². The van der Waals surface area contributed by atoms with E-state index < -0.39 is 17.7 Å². The summed E-state index contributed by atoms with van der Waals surface area (Å²) in [5.74, 6) is 0.566. The summed E-state index contributed by atoms with van der Waals surface area (Å²) in [6.07, 6.45) is 2.58. The summed E-state index contributed by atoms with van der Waals surface area (Å²) in [6.45, 7) is 9.96. The quantitative estimate of drug-likeness (QED) is 0.171. The monoisotopic (exact) mass is 580 g/mol. The summed E-state index contributed by atoms with van der Waals surface area (Å²) in [5.41, 5.74) is 1.07. The second kappa shape index (κ2) is 13.9. The molecular weight excluding hydrogens is 540 g/mol. The fourth-order valence-corrected chi connectivity index (χ4v) is 5.50. The van der Waals surface area contributed by atoms with E-state index in [4.69, 9.17) is 23.7 Å². The van der Waals surface area contributed by atoms with Crippen LogP contribution in [0.3, 0.4) is 0 Å². The van der Waals surface area contributed by atoms with Gasteiger partial charge in [0.05, 0.1) is 38.0 Å². The van der Waals surface area contributed by atoms with Crippen LogP contribution in [-0.2, 0) is 14.3 Å². The molecule has 1 amide bonds. The number of aliphatic hydroxyl groups is 1. The molecule has 2 aromatic rings. The van der Waals surface area contributed by atoms with Crippen molar-refractivity contribution in [2.24, 2.45) is 0 Å². The molecule has 1 atom stereocenters. The number of aliphatic hydroxyl groups excluding tert-OH is 1. The van der Waals surface area contributed by atoms with Crippen LogP contribution in [0.5, 0.6) is 23.0 Å². The molecule has 5 rings (SSSR count). The fourth-order valence-electron chi connectivity index (χ4n) is 5.50. The number of unbranched alkanes of at least 4 members (excludes halogenated alkanes) is 1. The molecule has 2 saturated heterocycles. The minimum atomic E-state index is -0.799. The topological polar surface area (TPSA) is 107 Å². The lowest BCUT2D eigenvalue weighted by Crippen LogP contribution is -2.39. The first kappa shape index (κ1) is 29.7. The van der Waals surface area contributed by atoms with E-state index in [9.17, 15) is 14.7 Å². The molecule has 0 spiro atoms. The zero-order chi connectivity index (χ0) is 29.5. The number of Topliss-reactive ketones (excluding diaryl/α,β-unsaturated/α-hetero) is 1. The number of carbonyl (C=O) groups excluding carboxylic acids is 2. The van der Waals surface area contributed by atoms with E-state index in [1.807, 2.05) is 25.1 Å². The molecule has 3 aliphatic rings. The van der Waals surface area contributed by atoms with Crippen LogP contribution in [0.4, 0.5) is 0 Å². The van der Waals surface area contributed by atoms with Crippen molar-refractivity contribution in [1.29, 1.82) is 0 Å². The lowest BCUT2D eigenvalue weighted by atomic mass is 9.94. The molecule has 226 valence electrons. The lowest BCUT2D eigenvalue weighted by Gasteiger charge is -2.29. The molecule has 0 aliphatic carbocycles. The smallest absolute Gasteiger partial charge is 0.295 e. The molecule has 0 saturated carbocycles. The molecule has 3 heterocycles. The second-order valence-corrected chi connectivity index (χ2v) is 10.5. The lowest BCUT2D eigenvalue weighted by molar-refractivity contribution is -0.140. The molecule has 2 fully saturated rings. The average molecular weight is 581 g/mol. The number of benzene rings is 2. The van der Waals surface area contributed by atoms with E-state index in [2.05, 4.69) is 11.8 Å². The summed E-state index contributed by atoms with van der Waals surface area (Å²) >= 11 is 0. The second-order valence-electron chi connectivity index (χ2n) is 10.5. The molecule has 0 radical (unpaired) electrons. The van der Waals surface area contributed by atoms with Crippen LogP contribution in [0.2, 0.25) is 0 Å². The van der Waals surface area contributed by atoms with Crippen LogP contribution in [0.1, 0.15) is 50.3 Å². The van der Waals surface area contributed by atoms with Crippen LogP contribution in [0.15, 0.2) is 42.0 Å². The molecule has 0 bridgehead atoms. The van der Waals surface area contributed by atoms with E-state index in [0.29, 0.717) is 86.7 Å². The predicted molar refractivity (Wildman–Crippen MR) is 156 cm³/mol. The minimum Gasteiger partial charge on any atom is -0.507 e. The number of hydrogen-bond donors (Lipinski definition) is 1. The molecule has 2 aromatic carbocycles. The maximum Gasteiger partial charge on any atom is 0.295 e. The van der Waals surface area contributed by atoms with Crippen LogP contribution in [0.25, 0.3) is 5.76 Å². The summed E-state index contributed by atoms with van der Waals surface area (Å²) in [6, 6.07) is 9.68. The van der Waals surface area contributed by atoms with Gasteiger partial charge in [-0.05, 0) is 55.7 Å². The third-order valence-electron chi connectivity index (χ3n) is 7.67. The van der Waals surface area contributed by atoms with Crippen molar-refractivity contribution >= 4 is 17.4 Å². The Labute approximate surface area is 246 Å². The van der Waals surface area contributed by atoms with E-state index >= 15 is 0 Å². The van der Waals surface area contributed by atoms with Gasteiger partial charge in [-0.3, -0.25) is 14.5 Å². The molecule has 3 aliphatic heterocycles. The normalized spacial score (nSPS) is 20.1. The summed E-state index contributed by atoms with van der Waals surface area (Å²) < 4.78 is 28.7. The number of nitrogens with zero attached hydrogens (tertiary/aromatic N) is 2. The van der Waals surface area contributed by atoms with Crippen molar-refractivity contribution in [2.75, 3.05) is 65.8 Å². The summed E-state index contributed by atoms with van der Waals surface area (Å²) in [7, 11) is 0. The average Bonchev–Trinajstić information content (AvgIpc) is 3.27. The Balaban J connectivity index is 1.51. The van der Waals surface area contributed by atoms with Gasteiger partial charge in [-0.2, -0.15) is 0 Å². The Kier molecular flexibility index (Phi) is 9.86. The van der Waals surface area contributed by atoms with Gasteiger partial charge in [-0.25, -0.2) is 0 Å². The van der Waals surface area contributed by atoms with Crippen LogP contribution in [-0.4, -0.2) is 92.4 Å². The van der Waals surface area contributed by atoms with Gasteiger partial charge in [-0.1, -0.05) is 19.4 Å². The van der Waals surface area contributed by atoms with Gasteiger partial charge in [0.15, 0.2) is 23.0 Å². The number of likely N-dealkylation sites (tertiary alicyclic amines) is 1. The van der Waals surface area contributed by atoms with Crippen LogP contribution >= 0.6 is 0 Å². The van der Waals surface area contributed by atoms with Crippen molar-refractivity contribution < 1.29 is 38.4 Å². The van der Waals surface area contributed by atoms with Crippen molar-refractivity contribution in [3.8, 4) is 23.0 Å². The van der Waals surface area contributed by atoms with Crippen molar-refractivity contribution in [1.82, 2.24) is 9.80 Å². The zero-order valence-corrected chi connectivity index (χ0v) is 24.4. The van der Waals surface area contributed by atoms with Gasteiger partial charge < -0.3 is 33.7 Å². The van der Waals surface area contributed by atoms with Crippen molar-refractivity contribution in [3.05, 3.63) is 53.1 Å². The van der Waals surface area contributed by atoms with Gasteiger partial charge >= 0.3 is 0 Å². The fraction of sp³-hybridized carbons (Fsp3) is 0.500.